The summed E-state index contributed by atoms with van der Waals surface area (Å²) in [6, 6.07) is 73.0. The molecular weight excluding hydrogens is 1020 g/mol. The second-order valence-corrected chi connectivity index (χ2v) is 22.5. The van der Waals surface area contributed by atoms with Crippen molar-refractivity contribution >= 4 is 134 Å². The van der Waals surface area contributed by atoms with Gasteiger partial charge in [0.25, 0.3) is 0 Å². The fourth-order valence-electron chi connectivity index (χ4n) is 13.0. The molecule has 0 aliphatic rings. The van der Waals surface area contributed by atoms with E-state index in [-0.39, 0.29) is 17.6 Å². The van der Waals surface area contributed by atoms with E-state index in [0.29, 0.717) is 44.9 Å². The van der Waals surface area contributed by atoms with E-state index < -0.39 is 18.1 Å². The predicted octanol–water partition coefficient (Wildman–Crippen LogP) is 21.6. The van der Waals surface area contributed by atoms with Crippen LogP contribution in [0.4, 0.5) is 5.69 Å². The van der Waals surface area contributed by atoms with Crippen molar-refractivity contribution in [2.45, 2.75) is 0 Å². The number of thiophene rings is 2. The first-order valence-corrected chi connectivity index (χ1v) is 28.2. The first kappa shape index (κ1) is 40.6. The highest BCUT2D eigenvalue weighted by atomic mass is 32.1. The van der Waals surface area contributed by atoms with Gasteiger partial charge >= 0.3 is 0 Å². The minimum atomic E-state index is -0.451. The number of para-hydroxylation sites is 3. The zero-order chi connectivity index (χ0) is 57.8. The molecule has 5 nitrogen and oxygen atoms in total. The summed E-state index contributed by atoms with van der Waals surface area (Å²) in [4.78, 5) is 4.62. The highest BCUT2D eigenvalue weighted by molar-refractivity contribution is 7.27. The standard InChI is InChI=1S/C74H40N4OS2/c1-76-67-63(44-22-7-3-8-23-44)57(42-75)68(78-69-50(38-40-54-48-27-13-16-36-61(48)80-73(54)69)51-39-41-56-66-46(43-20-5-2-6-21-43)29-19-37-62(66)81-74(56)70(51)78)64(45-24-9-4-10-25-45)71(67)77-58-33-14-11-28-55(58)65-49(30-18-34-59(65)77)53-32-17-31-52-47-26-12-15-35-60(47)79-72(52)53/h2-41H/i2D,5D,6D,20D,21D. The molecule has 0 saturated heterocycles. The quantitative estimate of drug-likeness (QED) is 0.156. The molecule has 0 unspecified atom stereocenters. The molecule has 5 heterocycles. The van der Waals surface area contributed by atoms with E-state index in [9.17, 15) is 14.6 Å². The van der Waals surface area contributed by atoms with Crippen LogP contribution < -0.4 is 0 Å². The Kier molecular flexibility index (Phi) is 8.77. The number of furan rings is 1. The van der Waals surface area contributed by atoms with Crippen LogP contribution in [0.15, 0.2) is 247 Å². The minimum absolute atomic E-state index is 0.127. The summed E-state index contributed by atoms with van der Waals surface area (Å²) in [5, 5.41) is 22.1. The van der Waals surface area contributed by atoms with Crippen molar-refractivity contribution in [2.75, 3.05) is 0 Å². The molecule has 0 N–H and O–H groups in total. The minimum Gasteiger partial charge on any atom is -0.455 e. The van der Waals surface area contributed by atoms with E-state index in [1.165, 1.54) is 0 Å². The fourth-order valence-corrected chi connectivity index (χ4v) is 15.5. The van der Waals surface area contributed by atoms with Gasteiger partial charge in [0.15, 0.2) is 0 Å². The smallest absolute Gasteiger partial charge is 0.220 e. The van der Waals surface area contributed by atoms with Crippen LogP contribution in [0.1, 0.15) is 12.4 Å². The van der Waals surface area contributed by atoms with Crippen molar-refractivity contribution < 1.29 is 11.3 Å². The summed E-state index contributed by atoms with van der Waals surface area (Å²) in [6.45, 7) is 9.58. The first-order valence-electron chi connectivity index (χ1n) is 29.1. The van der Waals surface area contributed by atoms with Gasteiger partial charge in [0.05, 0.1) is 61.8 Å². The van der Waals surface area contributed by atoms with E-state index in [1.807, 2.05) is 91.0 Å². The molecule has 5 aromatic heterocycles. The largest absolute Gasteiger partial charge is 0.455 e. The third-order valence-electron chi connectivity index (χ3n) is 16.3. The van der Waals surface area contributed by atoms with Crippen LogP contribution >= 0.6 is 22.7 Å². The van der Waals surface area contributed by atoms with Gasteiger partial charge in [-0.3, -0.25) is 0 Å². The monoisotopic (exact) mass is 1070 g/mol. The lowest BCUT2D eigenvalue weighted by Gasteiger charge is -2.26. The second-order valence-electron chi connectivity index (χ2n) is 20.4. The number of hydrogen-bond donors (Lipinski definition) is 0. The highest BCUT2D eigenvalue weighted by Gasteiger charge is 2.34. The molecule has 0 amide bonds. The molecule has 0 aliphatic heterocycles. The van der Waals surface area contributed by atoms with Crippen molar-refractivity contribution in [1.82, 2.24) is 9.13 Å². The SMILES string of the molecule is [2H]c1c([2H])c([2H])c(-c2cccc3sc4c(ccc5c6ccc7c8ccccc8sc7c6n(-c6c(C#N)c(-c7ccccc7)c([N+]#[C-])c(-n7c8ccccc8c8c(-c9cccc%10c9oc9ccccc9%10)cccc87)c6-c6ccccc6)c54)c23)c([2H])c1[2H]. The molecule has 17 aromatic rings. The molecule has 0 aliphatic carbocycles. The lowest BCUT2D eigenvalue weighted by Crippen LogP contribution is -2.09. The van der Waals surface area contributed by atoms with Gasteiger partial charge in [-0.05, 0) is 58.1 Å². The van der Waals surface area contributed by atoms with E-state index >= 15 is 0 Å². The average Bonchev–Trinajstić information content (AvgIpc) is 1.50. The molecule has 0 saturated carbocycles. The summed E-state index contributed by atoms with van der Waals surface area (Å²) in [5.74, 6) is 0. The van der Waals surface area contributed by atoms with Gasteiger partial charge in [-0.2, -0.15) is 5.26 Å². The molecule has 81 heavy (non-hydrogen) atoms. The lowest BCUT2D eigenvalue weighted by molar-refractivity contribution is 0.670. The molecule has 17 rings (SSSR count). The molecule has 7 heteroatoms. The van der Waals surface area contributed by atoms with Gasteiger partial charge in [-0.1, -0.05) is 212 Å². The van der Waals surface area contributed by atoms with Gasteiger partial charge in [0, 0.05) is 80.0 Å². The van der Waals surface area contributed by atoms with Gasteiger partial charge in [0.2, 0.25) is 5.69 Å². The normalized spacial score (nSPS) is 12.8. The summed E-state index contributed by atoms with van der Waals surface area (Å²) in [7, 11) is 0. The van der Waals surface area contributed by atoms with E-state index in [1.54, 1.807) is 22.7 Å². The number of fused-ring (bicyclic) bond motifs is 17. The first-order chi connectivity index (χ1) is 42.2. The van der Waals surface area contributed by atoms with Gasteiger partial charge < -0.3 is 13.6 Å². The summed E-state index contributed by atoms with van der Waals surface area (Å²) < 4.78 is 59.6. The molecule has 0 atom stereocenters. The van der Waals surface area contributed by atoms with Crippen LogP contribution in [0.2, 0.25) is 0 Å². The molecular formula is C74H40N4OS2. The third-order valence-corrected chi connectivity index (χ3v) is 18.6. The van der Waals surface area contributed by atoms with Crippen LogP contribution in [0, 0.1) is 17.9 Å². The Bertz CT molecular complexity index is 5910. The molecule has 12 aromatic carbocycles. The predicted molar refractivity (Wildman–Crippen MR) is 341 cm³/mol. The number of rotatable bonds is 6. The maximum atomic E-state index is 12.4. The topological polar surface area (TPSA) is 51.1 Å². The van der Waals surface area contributed by atoms with E-state index in [2.05, 4.69) is 141 Å². The van der Waals surface area contributed by atoms with Gasteiger partial charge in [-0.15, -0.1) is 22.7 Å². The highest BCUT2D eigenvalue weighted by Crippen LogP contribution is 2.56. The summed E-state index contributed by atoms with van der Waals surface area (Å²) >= 11 is 3.28. The van der Waals surface area contributed by atoms with E-state index in [4.69, 9.17) is 8.53 Å². The van der Waals surface area contributed by atoms with Gasteiger partial charge in [0.1, 0.15) is 17.2 Å². The molecule has 0 spiro atoms. The molecule has 0 bridgehead atoms. The van der Waals surface area contributed by atoms with Crippen LogP contribution in [0.25, 0.3) is 167 Å². The zero-order valence-electron chi connectivity index (χ0n) is 47.7. The summed E-state index contributed by atoms with van der Waals surface area (Å²) in [6.07, 6.45) is 0. The maximum absolute atomic E-state index is 12.4. The number of hydrogen-bond acceptors (Lipinski definition) is 4. The Morgan fingerprint density at radius 3 is 1.80 bits per heavy atom. The van der Waals surface area contributed by atoms with Crippen molar-refractivity contribution in [1.29, 1.82) is 5.26 Å². The van der Waals surface area contributed by atoms with Crippen LogP contribution in [0.5, 0.6) is 0 Å². The lowest BCUT2D eigenvalue weighted by atomic mass is 9.88. The van der Waals surface area contributed by atoms with Crippen molar-refractivity contribution in [3.63, 3.8) is 0 Å². The molecule has 0 radical (unpaired) electrons. The Morgan fingerprint density at radius 1 is 0.444 bits per heavy atom. The van der Waals surface area contributed by atoms with Gasteiger partial charge in [-0.25, -0.2) is 4.85 Å². The number of nitrogens with zero attached hydrogens (tertiary/aromatic N) is 4. The number of nitriles is 1. The van der Waals surface area contributed by atoms with E-state index in [0.717, 1.165) is 123 Å². The Morgan fingerprint density at radius 2 is 1.02 bits per heavy atom. The number of benzene rings is 12. The molecule has 374 valence electrons. The number of aromatic nitrogens is 2. The van der Waals surface area contributed by atoms with Crippen LogP contribution in [0.3, 0.4) is 0 Å². The Balaban J connectivity index is 1.11. The fraction of sp³-hybridized carbons (Fsp3) is 0. The molecule has 0 fully saturated rings. The Hall–Kier alpha value is -10.5. The van der Waals surface area contributed by atoms with Crippen molar-refractivity contribution in [3.8, 4) is 62.0 Å². The van der Waals surface area contributed by atoms with Crippen LogP contribution in [-0.2, 0) is 0 Å². The third kappa shape index (κ3) is 6.39. The average molecular weight is 1070 g/mol. The Labute approximate surface area is 478 Å². The summed E-state index contributed by atoms with van der Waals surface area (Å²) in [5.41, 5.74) is 12.1. The second kappa shape index (κ2) is 17.5. The maximum Gasteiger partial charge on any atom is 0.220 e. The van der Waals surface area contributed by atoms with Crippen molar-refractivity contribution in [3.05, 3.63) is 260 Å². The zero-order valence-corrected chi connectivity index (χ0v) is 44.4. The van der Waals surface area contributed by atoms with Crippen molar-refractivity contribution in [2.24, 2.45) is 0 Å². The van der Waals surface area contributed by atoms with Crippen LogP contribution in [-0.4, -0.2) is 9.13 Å².